The molecule has 0 amide bonds. The predicted octanol–water partition coefficient (Wildman–Crippen LogP) is -6.73. The standard InChI is InChI=1S/C4H6O12S2.2Ca.2K.6H/c5-1(3(7)15-17(9,10)11)2(6)4(8)16-18(12,13)14;;;;;;;;;;/h1-2,5-6H,(H,9,10,11)(H,12,13,14);;;;;;;;;;. The van der Waals surface area contributed by atoms with E-state index in [0.29, 0.717) is 0 Å². The molecule has 22 heavy (non-hydrogen) atoms. The van der Waals surface area contributed by atoms with E-state index in [1.165, 1.54) is 0 Å². The van der Waals surface area contributed by atoms with Crippen LogP contribution in [-0.2, 0) is 38.8 Å². The van der Waals surface area contributed by atoms with E-state index in [4.69, 9.17) is 19.3 Å². The fourth-order valence-electron chi connectivity index (χ4n) is 0.564. The Morgan fingerprint density at radius 3 is 1.05 bits per heavy atom. The number of hydrogen-bond acceptors (Lipinski definition) is 10. The van der Waals surface area contributed by atoms with E-state index in [9.17, 15) is 26.4 Å². The molecular weight excluding hydrogens is 463 g/mol. The number of carbonyl (C=O) groups excluding carboxylic acids is 2. The van der Waals surface area contributed by atoms with Crippen molar-refractivity contribution >= 4 is 211 Å². The maximum atomic E-state index is 10.7. The number of aliphatic hydroxyl groups excluding tert-OH is 2. The number of carbonyl (C=O) groups is 2. The van der Waals surface area contributed by atoms with Crippen LogP contribution in [0.25, 0.3) is 0 Å². The van der Waals surface area contributed by atoms with Gasteiger partial charge in [0.05, 0.1) is 0 Å². The van der Waals surface area contributed by atoms with Gasteiger partial charge in [-0.2, -0.15) is 16.8 Å². The van der Waals surface area contributed by atoms with Crippen LogP contribution in [0.4, 0.5) is 0 Å². The molecular formula is C4H12Ca2K2O12S2. The van der Waals surface area contributed by atoms with Gasteiger partial charge in [0.1, 0.15) is 0 Å². The summed E-state index contributed by atoms with van der Waals surface area (Å²) in [6, 6.07) is 0. The summed E-state index contributed by atoms with van der Waals surface area (Å²) in [5.74, 6) is -4.37. The fraction of sp³-hybridized carbons (Fsp3) is 0.500. The zero-order valence-corrected chi connectivity index (χ0v) is 9.66. The van der Waals surface area contributed by atoms with Crippen molar-refractivity contribution in [3.63, 3.8) is 0 Å². The number of rotatable bonds is 5. The van der Waals surface area contributed by atoms with Gasteiger partial charge in [-0.3, -0.25) is 9.11 Å². The van der Waals surface area contributed by atoms with E-state index in [0.717, 1.165) is 0 Å². The Kier molecular flexibility index (Phi) is 27.8. The molecule has 0 bridgehead atoms. The molecule has 4 N–H and O–H groups in total. The molecule has 2 atom stereocenters. The van der Waals surface area contributed by atoms with Gasteiger partial charge < -0.3 is 18.6 Å². The number of aliphatic hydroxyl groups is 2. The molecule has 0 aliphatic heterocycles. The molecule has 0 aliphatic carbocycles. The Morgan fingerprint density at radius 2 is 0.909 bits per heavy atom. The Labute approximate surface area is 270 Å². The SMILES string of the molecule is O=C(OS(=O)(=O)O)C(O)C(O)C(=O)OS(=O)(=O)O.[CaH2].[CaH2].[KH].[KH]. The van der Waals surface area contributed by atoms with Crippen LogP contribution >= 0.6 is 0 Å². The molecule has 2 unspecified atom stereocenters. The Hall–Kier alpha value is 4.47. The molecule has 0 aromatic heterocycles. The van der Waals surface area contributed by atoms with Crippen LogP contribution in [-0.4, -0.2) is 239 Å². The normalized spacial score (nSPS) is 12.7. The van der Waals surface area contributed by atoms with Gasteiger partial charge in [0.15, 0.2) is 12.2 Å². The molecule has 0 aromatic rings. The molecule has 0 fully saturated rings. The van der Waals surface area contributed by atoms with Crippen molar-refractivity contribution in [2.24, 2.45) is 0 Å². The molecule has 0 rings (SSSR count). The summed E-state index contributed by atoms with van der Waals surface area (Å²) >= 11 is 0. The van der Waals surface area contributed by atoms with Gasteiger partial charge in [0.2, 0.25) is 0 Å². The van der Waals surface area contributed by atoms with Crippen molar-refractivity contribution in [3.05, 3.63) is 0 Å². The minimum absolute atomic E-state index is 0. The first-order chi connectivity index (χ1) is 7.83. The first-order valence-electron chi connectivity index (χ1n) is 3.61. The van der Waals surface area contributed by atoms with Crippen molar-refractivity contribution in [3.8, 4) is 0 Å². The van der Waals surface area contributed by atoms with Crippen LogP contribution in [0, 0.1) is 0 Å². The Morgan fingerprint density at radius 1 is 0.727 bits per heavy atom. The van der Waals surface area contributed by atoms with E-state index in [2.05, 4.69) is 8.37 Å². The molecule has 0 spiro atoms. The van der Waals surface area contributed by atoms with Gasteiger partial charge >= 0.3 is 211 Å². The summed E-state index contributed by atoms with van der Waals surface area (Å²) in [6.45, 7) is 0. The Balaban J connectivity index is -0.000000241. The molecule has 118 valence electrons. The molecule has 0 radical (unpaired) electrons. The van der Waals surface area contributed by atoms with Crippen LogP contribution in [0.2, 0.25) is 0 Å². The van der Waals surface area contributed by atoms with Gasteiger partial charge in [-0.1, -0.05) is 0 Å². The van der Waals surface area contributed by atoms with Crippen molar-refractivity contribution in [2.45, 2.75) is 12.2 Å². The van der Waals surface area contributed by atoms with Gasteiger partial charge in [-0.05, 0) is 0 Å². The van der Waals surface area contributed by atoms with Crippen LogP contribution in [0.15, 0.2) is 0 Å². The van der Waals surface area contributed by atoms with Crippen molar-refractivity contribution in [1.82, 2.24) is 0 Å². The van der Waals surface area contributed by atoms with Crippen molar-refractivity contribution < 1.29 is 54.1 Å². The van der Waals surface area contributed by atoms with Crippen molar-refractivity contribution in [2.75, 3.05) is 0 Å². The first kappa shape index (κ1) is 37.3. The average Bonchev–Trinajstić information content (AvgIpc) is 2.09. The summed E-state index contributed by atoms with van der Waals surface area (Å²) < 4.78 is 62.5. The number of hydrogen-bond donors (Lipinski definition) is 4. The van der Waals surface area contributed by atoms with Crippen LogP contribution < -0.4 is 0 Å². The van der Waals surface area contributed by atoms with E-state index < -0.39 is 44.9 Å². The zero-order valence-electron chi connectivity index (χ0n) is 8.03. The predicted molar refractivity (Wildman–Crippen MR) is 78.7 cm³/mol. The van der Waals surface area contributed by atoms with E-state index in [1.54, 1.807) is 0 Å². The third kappa shape index (κ3) is 19.2. The quantitative estimate of drug-likeness (QED) is 0.217. The molecule has 0 heterocycles. The molecule has 0 aliphatic rings. The monoisotopic (exact) mass is 474 g/mol. The zero-order chi connectivity index (χ0) is 14.7. The van der Waals surface area contributed by atoms with Gasteiger partial charge in [0, 0.05) is 0 Å². The minimum atomic E-state index is -5.30. The second-order valence-electron chi connectivity index (χ2n) is 2.55. The topological polar surface area (TPSA) is 202 Å². The first-order valence-corrected chi connectivity index (χ1v) is 6.34. The van der Waals surface area contributed by atoms with E-state index in [1.807, 2.05) is 0 Å². The van der Waals surface area contributed by atoms with Gasteiger partial charge in [-0.25, -0.2) is 9.59 Å². The van der Waals surface area contributed by atoms with Crippen LogP contribution in [0.1, 0.15) is 0 Å². The van der Waals surface area contributed by atoms with Crippen LogP contribution in [0.3, 0.4) is 0 Å². The second kappa shape index (κ2) is 16.4. The fourth-order valence-corrected chi connectivity index (χ4v) is 1.18. The summed E-state index contributed by atoms with van der Waals surface area (Å²) in [4.78, 5) is 21.4. The third-order valence-electron chi connectivity index (χ3n) is 1.16. The molecule has 12 nitrogen and oxygen atoms in total. The molecule has 0 saturated heterocycles. The van der Waals surface area contributed by atoms with E-state index in [-0.39, 0.29) is 178 Å². The Bertz CT molecular complexity index is 495. The summed E-state index contributed by atoms with van der Waals surface area (Å²) in [5.41, 5.74) is 0. The van der Waals surface area contributed by atoms with E-state index >= 15 is 0 Å². The molecule has 0 aromatic carbocycles. The van der Waals surface area contributed by atoms with Gasteiger partial charge in [0.25, 0.3) is 0 Å². The molecule has 18 heteroatoms. The van der Waals surface area contributed by atoms with Crippen LogP contribution in [0.5, 0.6) is 0 Å². The van der Waals surface area contributed by atoms with Crippen molar-refractivity contribution in [1.29, 1.82) is 0 Å². The average molecular weight is 475 g/mol. The summed E-state index contributed by atoms with van der Waals surface area (Å²) in [7, 11) is -10.6. The molecule has 0 saturated carbocycles. The maximum absolute atomic E-state index is 10.7. The second-order valence-corrected chi connectivity index (χ2v) is 4.59. The summed E-state index contributed by atoms with van der Waals surface area (Å²) in [5, 5.41) is 17.7. The summed E-state index contributed by atoms with van der Waals surface area (Å²) in [6.07, 6.45) is -5.75. The third-order valence-corrected chi connectivity index (χ3v) is 1.91. The van der Waals surface area contributed by atoms with Gasteiger partial charge in [-0.15, -0.1) is 0 Å².